The van der Waals surface area contributed by atoms with Crippen LogP contribution in [-0.4, -0.2) is 19.8 Å². The van der Waals surface area contributed by atoms with E-state index in [1.807, 2.05) is 0 Å². The van der Waals surface area contributed by atoms with Gasteiger partial charge in [-0.15, -0.1) is 0 Å². The lowest BCUT2D eigenvalue weighted by molar-refractivity contribution is 0.223. The van der Waals surface area contributed by atoms with E-state index in [1.165, 1.54) is 13.8 Å². The Morgan fingerprint density at radius 3 is 1.92 bits per heavy atom. The quantitative estimate of drug-likeness (QED) is 0.593. The van der Waals surface area contributed by atoms with Crippen LogP contribution >= 0.6 is 22.3 Å². The van der Waals surface area contributed by atoms with Gasteiger partial charge >= 0.3 is 0 Å². The molecule has 0 rings (SSSR count). The Morgan fingerprint density at radius 1 is 1.25 bits per heavy atom. The van der Waals surface area contributed by atoms with Gasteiger partial charge in [-0.25, -0.2) is 4.18 Å². The maximum absolute atomic E-state index is 12.6. The zero-order valence-electron chi connectivity index (χ0n) is 6.40. The molecule has 78 valence electrons. The summed E-state index contributed by atoms with van der Waals surface area (Å²) in [7, 11) is 0. The van der Waals surface area contributed by atoms with Crippen LogP contribution < -0.4 is 4.13 Å². The lowest BCUT2D eigenvalue weighted by Crippen LogP contribution is -2.22. The summed E-state index contributed by atoms with van der Waals surface area (Å²) in [4.78, 5) is 0. The highest BCUT2D eigenvalue weighted by atomic mass is 32.4. The minimum Gasteiger partial charge on any atom is -0.259 e. The molecule has 1 atom stereocenters. The number of rotatable bonds is 4. The van der Waals surface area contributed by atoms with E-state index < -0.39 is 28.4 Å². The lowest BCUT2D eigenvalue weighted by Gasteiger charge is -2.34. The molecular formula is C3H11F2NO4S2. The second-order valence-corrected chi connectivity index (χ2v) is 4.90. The van der Waals surface area contributed by atoms with Crippen LogP contribution in [0.2, 0.25) is 0 Å². The van der Waals surface area contributed by atoms with E-state index in [4.69, 9.17) is 13.7 Å². The third-order valence-electron chi connectivity index (χ3n) is 0.529. The van der Waals surface area contributed by atoms with Gasteiger partial charge in [0.2, 0.25) is 0 Å². The first-order chi connectivity index (χ1) is 5.12. The van der Waals surface area contributed by atoms with Crippen LogP contribution in [0.1, 0.15) is 13.8 Å². The van der Waals surface area contributed by atoms with Crippen LogP contribution in [-0.2, 0) is 4.18 Å². The monoisotopic (exact) mass is 227 g/mol. The molecule has 4 N–H and O–H groups in total. The molecule has 5 nitrogen and oxygen atoms in total. The van der Waals surface area contributed by atoms with Crippen molar-refractivity contribution in [3.05, 3.63) is 0 Å². The first-order valence-electron chi connectivity index (χ1n) is 2.82. The predicted octanol–water partition coefficient (Wildman–Crippen LogP) is 2.54. The second-order valence-electron chi connectivity index (χ2n) is 2.17. The SMILES string of the molecule is CC(C)OS(O)(F)NS(O)(O)F. The van der Waals surface area contributed by atoms with Crippen LogP contribution in [0.25, 0.3) is 0 Å². The average molecular weight is 227 g/mol. The first-order valence-corrected chi connectivity index (χ1v) is 5.68. The molecule has 0 fully saturated rings. The van der Waals surface area contributed by atoms with E-state index in [2.05, 4.69) is 4.18 Å². The maximum atomic E-state index is 12.6. The van der Waals surface area contributed by atoms with Crippen LogP contribution in [0.5, 0.6) is 0 Å². The minimum atomic E-state index is -4.79. The molecule has 0 saturated carbocycles. The normalized spacial score (nSPS) is 22.0. The summed E-state index contributed by atoms with van der Waals surface area (Å²) in [6, 6.07) is 0. The first kappa shape index (κ1) is 12.4. The van der Waals surface area contributed by atoms with Gasteiger partial charge in [0.05, 0.1) is 6.10 Å². The Labute approximate surface area is 72.7 Å². The van der Waals surface area contributed by atoms with E-state index in [0.717, 1.165) is 4.13 Å². The number of hydrogen-bond donors (Lipinski definition) is 4. The summed E-state index contributed by atoms with van der Waals surface area (Å²) in [5.41, 5.74) is 0. The Hall–Kier alpha value is 0.360. The van der Waals surface area contributed by atoms with Crippen molar-refractivity contribution < 1.29 is 25.6 Å². The van der Waals surface area contributed by atoms with E-state index in [9.17, 15) is 7.77 Å². The van der Waals surface area contributed by atoms with E-state index >= 15 is 0 Å². The Bertz CT molecular complexity index is 150. The summed E-state index contributed by atoms with van der Waals surface area (Å²) < 4.78 is 54.3. The van der Waals surface area contributed by atoms with Gasteiger partial charge in [-0.2, -0.15) is 0 Å². The largest absolute Gasteiger partial charge is 0.259 e. The number of hydrogen-bond acceptors (Lipinski definition) is 5. The van der Waals surface area contributed by atoms with Crippen molar-refractivity contribution in [1.29, 1.82) is 0 Å². The molecule has 0 bridgehead atoms. The Kier molecular flexibility index (Phi) is 4.17. The molecule has 0 aromatic carbocycles. The molecule has 0 amide bonds. The predicted molar refractivity (Wildman–Crippen MR) is 44.6 cm³/mol. The summed E-state index contributed by atoms with van der Waals surface area (Å²) in [6.07, 6.45) is -0.704. The summed E-state index contributed by atoms with van der Waals surface area (Å²) in [6.45, 7) is 2.78. The molecule has 1 unspecified atom stereocenters. The van der Waals surface area contributed by atoms with Crippen molar-refractivity contribution in [2.24, 2.45) is 0 Å². The molecule has 0 aliphatic rings. The molecule has 0 aromatic rings. The van der Waals surface area contributed by atoms with Crippen molar-refractivity contribution in [2.75, 3.05) is 0 Å². The Morgan fingerprint density at radius 2 is 1.67 bits per heavy atom. The summed E-state index contributed by atoms with van der Waals surface area (Å²) in [5, 5.41) is 0. The fraction of sp³-hybridized carbons (Fsp3) is 1.00. The third-order valence-corrected chi connectivity index (χ3v) is 2.84. The van der Waals surface area contributed by atoms with Crippen LogP contribution in [0.3, 0.4) is 0 Å². The zero-order chi connectivity index (χ0) is 9.99. The highest BCUT2D eigenvalue weighted by Gasteiger charge is 2.25. The number of nitrogens with one attached hydrogen (secondary N) is 1. The van der Waals surface area contributed by atoms with Gasteiger partial charge in [0, 0.05) is 22.3 Å². The van der Waals surface area contributed by atoms with Gasteiger partial charge in [-0.1, -0.05) is 11.9 Å². The fourth-order valence-corrected chi connectivity index (χ4v) is 2.12. The summed E-state index contributed by atoms with van der Waals surface area (Å²) >= 11 is -9.22. The molecule has 0 aliphatic heterocycles. The van der Waals surface area contributed by atoms with Crippen molar-refractivity contribution >= 4 is 22.3 Å². The fourth-order valence-electron chi connectivity index (χ4n) is 0.405. The molecule has 0 radical (unpaired) electrons. The van der Waals surface area contributed by atoms with E-state index in [1.54, 1.807) is 0 Å². The standard InChI is InChI=1S/C3H11F2NO4S2/c1-3(2)10-12(5,9)6-11(4,7)8/h3,6-9H,1-2H3. The smallest absolute Gasteiger partial charge is 0.0808 e. The van der Waals surface area contributed by atoms with Crippen molar-refractivity contribution in [3.8, 4) is 0 Å². The van der Waals surface area contributed by atoms with Crippen molar-refractivity contribution in [3.63, 3.8) is 0 Å². The molecule has 0 aliphatic carbocycles. The van der Waals surface area contributed by atoms with Crippen LogP contribution in [0.15, 0.2) is 0 Å². The van der Waals surface area contributed by atoms with Gasteiger partial charge in [-0.3, -0.25) is 13.7 Å². The lowest BCUT2D eigenvalue weighted by atomic mass is 10.5. The van der Waals surface area contributed by atoms with E-state index in [0.29, 0.717) is 0 Å². The molecule has 9 heteroatoms. The topological polar surface area (TPSA) is 82.0 Å². The molecule has 0 spiro atoms. The molecule has 12 heavy (non-hydrogen) atoms. The van der Waals surface area contributed by atoms with Gasteiger partial charge in [-0.05, 0) is 13.8 Å². The third kappa shape index (κ3) is 7.03. The maximum Gasteiger partial charge on any atom is 0.0808 e. The molecule has 0 aromatic heterocycles. The highest BCUT2D eigenvalue weighted by Crippen LogP contribution is 2.53. The van der Waals surface area contributed by atoms with Gasteiger partial charge in [0.25, 0.3) is 0 Å². The average Bonchev–Trinajstić information content (AvgIpc) is 1.48. The van der Waals surface area contributed by atoms with E-state index in [-0.39, 0.29) is 0 Å². The van der Waals surface area contributed by atoms with Gasteiger partial charge in [0.1, 0.15) is 0 Å². The van der Waals surface area contributed by atoms with Crippen molar-refractivity contribution in [2.45, 2.75) is 20.0 Å². The summed E-state index contributed by atoms with van der Waals surface area (Å²) in [5.74, 6) is 0. The highest BCUT2D eigenvalue weighted by molar-refractivity contribution is 8.33. The molecule has 0 saturated heterocycles. The van der Waals surface area contributed by atoms with Gasteiger partial charge < -0.3 is 0 Å². The second kappa shape index (κ2) is 4.05. The van der Waals surface area contributed by atoms with Crippen LogP contribution in [0, 0.1) is 0 Å². The zero-order valence-corrected chi connectivity index (χ0v) is 8.03. The molecular weight excluding hydrogens is 216 g/mol. The van der Waals surface area contributed by atoms with Gasteiger partial charge in [0.15, 0.2) is 0 Å². The minimum absolute atomic E-state index is 0.704. The Balaban J connectivity index is 4.04. The van der Waals surface area contributed by atoms with Crippen LogP contribution in [0.4, 0.5) is 7.77 Å². The molecule has 0 heterocycles. The number of halogens is 2. The van der Waals surface area contributed by atoms with Crippen molar-refractivity contribution in [1.82, 2.24) is 4.13 Å².